The van der Waals surface area contributed by atoms with Gasteiger partial charge in [-0.1, -0.05) is 0 Å². The smallest absolute Gasteiger partial charge is 0.153 e. The molecular weight excluding hydrogens is 262 g/mol. The van der Waals surface area contributed by atoms with E-state index in [1.165, 1.54) is 6.07 Å². The Morgan fingerprint density at radius 1 is 1.39 bits per heavy atom. The van der Waals surface area contributed by atoms with Crippen LogP contribution in [0.3, 0.4) is 0 Å². The van der Waals surface area contributed by atoms with Crippen LogP contribution in [0.1, 0.15) is 12.7 Å². The number of fused-ring (bicyclic) bond motifs is 1. The van der Waals surface area contributed by atoms with Crippen molar-refractivity contribution >= 4 is 22.6 Å². The number of hydrogen-bond acceptors (Lipinski definition) is 2. The molecule has 2 rings (SSSR count). The lowest BCUT2D eigenvalue weighted by Gasteiger charge is -2.07. The van der Waals surface area contributed by atoms with Crippen molar-refractivity contribution in [2.45, 2.75) is 19.3 Å². The van der Waals surface area contributed by atoms with Gasteiger partial charge < -0.3 is 9.30 Å². The maximum atomic E-state index is 13.6. The van der Waals surface area contributed by atoms with Crippen molar-refractivity contribution in [2.24, 2.45) is 0 Å². The van der Waals surface area contributed by atoms with Gasteiger partial charge in [0.25, 0.3) is 0 Å². The predicted molar refractivity (Wildman–Crippen MR) is 65.7 cm³/mol. The lowest BCUT2D eigenvalue weighted by Crippen LogP contribution is -2.08. The first-order chi connectivity index (χ1) is 8.67. The van der Waals surface area contributed by atoms with Crippen LogP contribution in [0, 0.1) is 11.6 Å². The summed E-state index contributed by atoms with van der Waals surface area (Å²) >= 11 is 5.77. The Balaban J connectivity index is 2.47. The second-order valence-electron chi connectivity index (χ2n) is 3.77. The van der Waals surface area contributed by atoms with Crippen LogP contribution >= 0.6 is 11.6 Å². The van der Waals surface area contributed by atoms with Gasteiger partial charge in [-0.05, 0) is 13.0 Å². The number of halogens is 3. The molecule has 0 radical (unpaired) electrons. The lowest BCUT2D eigenvalue weighted by molar-refractivity contribution is 0.139. The van der Waals surface area contributed by atoms with Gasteiger partial charge in [-0.2, -0.15) is 0 Å². The summed E-state index contributed by atoms with van der Waals surface area (Å²) in [6.07, 6.45) is 0. The number of imidazole rings is 1. The average Bonchev–Trinajstić information content (AvgIpc) is 2.68. The molecule has 18 heavy (non-hydrogen) atoms. The molecule has 98 valence electrons. The van der Waals surface area contributed by atoms with Crippen LogP contribution in [0.25, 0.3) is 11.0 Å². The number of alkyl halides is 1. The quantitative estimate of drug-likeness (QED) is 0.619. The molecule has 0 atom stereocenters. The van der Waals surface area contributed by atoms with E-state index >= 15 is 0 Å². The number of rotatable bonds is 5. The van der Waals surface area contributed by atoms with Crippen molar-refractivity contribution in [2.75, 3.05) is 13.2 Å². The number of hydrogen-bond donors (Lipinski definition) is 0. The minimum atomic E-state index is -0.675. The van der Waals surface area contributed by atoms with E-state index in [1.807, 2.05) is 6.92 Å². The van der Waals surface area contributed by atoms with E-state index in [-0.39, 0.29) is 11.4 Å². The van der Waals surface area contributed by atoms with Crippen LogP contribution in [-0.2, 0) is 17.2 Å². The standard InChI is InChI=1S/C12H13ClF2N2O/c1-2-18-4-3-17-10-6-8(14)5-9(15)12(10)16-11(17)7-13/h5-6H,2-4,7H2,1H3. The molecule has 0 N–H and O–H groups in total. The van der Waals surface area contributed by atoms with Gasteiger partial charge in [-0.15, -0.1) is 11.6 Å². The van der Waals surface area contributed by atoms with Crippen LogP contribution < -0.4 is 0 Å². The molecule has 1 heterocycles. The van der Waals surface area contributed by atoms with E-state index in [4.69, 9.17) is 16.3 Å². The highest BCUT2D eigenvalue weighted by Gasteiger charge is 2.14. The van der Waals surface area contributed by atoms with E-state index in [9.17, 15) is 8.78 Å². The fraction of sp³-hybridized carbons (Fsp3) is 0.417. The van der Waals surface area contributed by atoms with E-state index in [0.717, 1.165) is 6.07 Å². The second-order valence-corrected chi connectivity index (χ2v) is 4.03. The predicted octanol–water partition coefficient (Wildman–Crippen LogP) is 3.09. The first kappa shape index (κ1) is 13.2. The molecule has 6 heteroatoms. The minimum Gasteiger partial charge on any atom is -0.380 e. The second kappa shape index (κ2) is 5.63. The molecule has 0 amide bonds. The third-order valence-corrected chi connectivity index (χ3v) is 2.87. The minimum absolute atomic E-state index is 0.141. The molecule has 0 unspecified atom stereocenters. The Morgan fingerprint density at radius 3 is 2.83 bits per heavy atom. The van der Waals surface area contributed by atoms with E-state index in [1.54, 1.807) is 4.57 Å². The van der Waals surface area contributed by atoms with Crippen molar-refractivity contribution in [3.05, 3.63) is 29.6 Å². The summed E-state index contributed by atoms with van der Waals surface area (Å²) in [7, 11) is 0. The average molecular weight is 275 g/mol. The van der Waals surface area contributed by atoms with Crippen molar-refractivity contribution in [3.8, 4) is 0 Å². The van der Waals surface area contributed by atoms with Crippen molar-refractivity contribution in [1.82, 2.24) is 9.55 Å². The Morgan fingerprint density at radius 2 is 2.17 bits per heavy atom. The first-order valence-electron chi connectivity index (χ1n) is 5.65. The Hall–Kier alpha value is -1.20. The molecule has 0 aliphatic heterocycles. The highest BCUT2D eigenvalue weighted by Crippen LogP contribution is 2.21. The van der Waals surface area contributed by atoms with E-state index < -0.39 is 11.6 Å². The number of benzene rings is 1. The Kier molecular flexibility index (Phi) is 4.14. The van der Waals surface area contributed by atoms with Gasteiger partial charge in [0.2, 0.25) is 0 Å². The van der Waals surface area contributed by atoms with E-state index in [2.05, 4.69) is 4.98 Å². The third kappa shape index (κ3) is 2.47. The number of nitrogens with zero attached hydrogens (tertiary/aromatic N) is 2. The van der Waals surface area contributed by atoms with E-state index in [0.29, 0.717) is 31.1 Å². The highest BCUT2D eigenvalue weighted by atomic mass is 35.5. The van der Waals surface area contributed by atoms with Crippen LogP contribution in [-0.4, -0.2) is 22.8 Å². The maximum absolute atomic E-state index is 13.6. The molecule has 3 nitrogen and oxygen atoms in total. The molecule has 0 bridgehead atoms. The van der Waals surface area contributed by atoms with Gasteiger partial charge >= 0.3 is 0 Å². The fourth-order valence-electron chi connectivity index (χ4n) is 1.85. The molecule has 1 aromatic carbocycles. The Bertz CT molecular complexity index is 556. The summed E-state index contributed by atoms with van der Waals surface area (Å²) in [4.78, 5) is 4.08. The first-order valence-corrected chi connectivity index (χ1v) is 6.18. The summed E-state index contributed by atoms with van der Waals surface area (Å²) in [6, 6.07) is 2.08. The van der Waals surface area contributed by atoms with Crippen LogP contribution in [0.4, 0.5) is 8.78 Å². The van der Waals surface area contributed by atoms with Gasteiger partial charge in [-0.25, -0.2) is 13.8 Å². The zero-order chi connectivity index (χ0) is 13.1. The largest absolute Gasteiger partial charge is 0.380 e. The summed E-state index contributed by atoms with van der Waals surface area (Å²) in [5.41, 5.74) is 0.548. The van der Waals surface area contributed by atoms with Crippen LogP contribution in [0.5, 0.6) is 0 Å². The van der Waals surface area contributed by atoms with Crippen LogP contribution in [0.2, 0.25) is 0 Å². The molecule has 0 fully saturated rings. The third-order valence-electron chi connectivity index (χ3n) is 2.63. The van der Waals surface area contributed by atoms with Crippen LogP contribution in [0.15, 0.2) is 12.1 Å². The molecule has 0 saturated carbocycles. The van der Waals surface area contributed by atoms with Gasteiger partial charge in [0.1, 0.15) is 17.2 Å². The van der Waals surface area contributed by atoms with Gasteiger partial charge in [0.05, 0.1) is 18.0 Å². The van der Waals surface area contributed by atoms with Gasteiger partial charge in [0.15, 0.2) is 5.82 Å². The number of aromatic nitrogens is 2. The van der Waals surface area contributed by atoms with Crippen molar-refractivity contribution in [1.29, 1.82) is 0 Å². The molecule has 0 aliphatic carbocycles. The highest BCUT2D eigenvalue weighted by molar-refractivity contribution is 6.16. The zero-order valence-corrected chi connectivity index (χ0v) is 10.7. The normalized spacial score (nSPS) is 11.3. The monoisotopic (exact) mass is 274 g/mol. The summed E-state index contributed by atoms with van der Waals surface area (Å²) in [6.45, 7) is 3.39. The molecule has 0 spiro atoms. The lowest BCUT2D eigenvalue weighted by atomic mass is 10.3. The van der Waals surface area contributed by atoms with Crippen molar-refractivity contribution < 1.29 is 13.5 Å². The summed E-state index contributed by atoms with van der Waals surface area (Å²) in [5.74, 6) is -0.650. The van der Waals surface area contributed by atoms with Crippen molar-refractivity contribution in [3.63, 3.8) is 0 Å². The molecular formula is C12H13ClF2N2O. The Labute approximate surface area is 108 Å². The fourth-order valence-corrected chi connectivity index (χ4v) is 2.05. The number of ether oxygens (including phenoxy) is 1. The summed E-state index contributed by atoms with van der Waals surface area (Å²) in [5, 5.41) is 0. The molecule has 2 aromatic rings. The zero-order valence-electron chi connectivity index (χ0n) is 9.92. The van der Waals surface area contributed by atoms with Gasteiger partial charge in [-0.3, -0.25) is 0 Å². The SMILES string of the molecule is CCOCCn1c(CCl)nc2c(F)cc(F)cc21. The maximum Gasteiger partial charge on any atom is 0.153 e. The molecule has 1 aromatic heterocycles. The molecule has 0 saturated heterocycles. The van der Waals surface area contributed by atoms with Gasteiger partial charge in [0, 0.05) is 19.2 Å². The summed E-state index contributed by atoms with van der Waals surface area (Å²) < 4.78 is 33.7. The topological polar surface area (TPSA) is 27.1 Å². The molecule has 0 aliphatic rings.